The highest BCUT2D eigenvalue weighted by Gasteiger charge is 2.18. The summed E-state index contributed by atoms with van der Waals surface area (Å²) in [4.78, 5) is 0. The first-order chi connectivity index (χ1) is 8.86. The summed E-state index contributed by atoms with van der Waals surface area (Å²) in [5.74, 6) is 0.818. The molecular weight excluding hydrogens is 218 g/mol. The Hall–Kier alpha value is -1.60. The molecule has 0 atom stereocenters. The Labute approximate surface area is 109 Å². The van der Waals surface area contributed by atoms with Crippen LogP contribution in [-0.2, 0) is 6.54 Å². The van der Waals surface area contributed by atoms with Gasteiger partial charge < -0.3 is 5.73 Å². The fourth-order valence-corrected chi connectivity index (χ4v) is 2.52. The Bertz CT molecular complexity index is 506. The number of hydrogen-bond donors (Lipinski definition) is 1. The first kappa shape index (κ1) is 11.5. The van der Waals surface area contributed by atoms with Crippen molar-refractivity contribution in [3.63, 3.8) is 0 Å². The molecule has 1 saturated carbocycles. The molecule has 0 radical (unpaired) electrons. The van der Waals surface area contributed by atoms with Crippen LogP contribution in [0.2, 0.25) is 0 Å². The minimum atomic E-state index is 0.612. The van der Waals surface area contributed by atoms with Crippen molar-refractivity contribution in [3.05, 3.63) is 59.7 Å². The predicted octanol–water partition coefficient (Wildman–Crippen LogP) is 4.08. The molecule has 0 amide bonds. The van der Waals surface area contributed by atoms with Crippen molar-refractivity contribution in [2.75, 3.05) is 0 Å². The molecule has 0 heterocycles. The highest BCUT2D eigenvalue weighted by atomic mass is 14.5. The Kier molecular flexibility index (Phi) is 3.16. The van der Waals surface area contributed by atoms with Crippen LogP contribution in [0, 0.1) is 0 Å². The van der Waals surface area contributed by atoms with Gasteiger partial charge in [0, 0.05) is 6.54 Å². The molecule has 1 aliphatic rings. The second-order valence-corrected chi connectivity index (χ2v) is 5.15. The summed E-state index contributed by atoms with van der Waals surface area (Å²) in [6.45, 7) is 0.612. The van der Waals surface area contributed by atoms with Gasteiger partial charge >= 0.3 is 0 Å². The van der Waals surface area contributed by atoms with Gasteiger partial charge in [0.2, 0.25) is 0 Å². The van der Waals surface area contributed by atoms with Gasteiger partial charge in [-0.05, 0) is 41.0 Å². The van der Waals surface area contributed by atoms with Crippen LogP contribution in [0.5, 0.6) is 0 Å². The molecule has 0 spiro atoms. The molecule has 1 aliphatic carbocycles. The van der Waals surface area contributed by atoms with Crippen molar-refractivity contribution in [2.45, 2.75) is 31.7 Å². The molecule has 2 N–H and O–H groups in total. The molecule has 92 valence electrons. The molecule has 3 rings (SSSR count). The van der Waals surface area contributed by atoms with Crippen LogP contribution in [0.25, 0.3) is 11.1 Å². The molecule has 0 unspecified atom stereocenters. The average molecular weight is 237 g/mol. The van der Waals surface area contributed by atoms with Crippen molar-refractivity contribution >= 4 is 0 Å². The van der Waals surface area contributed by atoms with Crippen LogP contribution in [0.3, 0.4) is 0 Å². The Balaban J connectivity index is 1.82. The van der Waals surface area contributed by atoms with Crippen molar-refractivity contribution in [1.82, 2.24) is 0 Å². The maximum Gasteiger partial charge on any atom is 0.0178 e. The van der Waals surface area contributed by atoms with Gasteiger partial charge in [0.1, 0.15) is 0 Å². The fraction of sp³-hybridized carbons (Fsp3) is 0.294. The zero-order chi connectivity index (χ0) is 12.4. The molecule has 2 aromatic carbocycles. The van der Waals surface area contributed by atoms with Crippen LogP contribution in [-0.4, -0.2) is 0 Å². The summed E-state index contributed by atoms with van der Waals surface area (Å²) in [5.41, 5.74) is 10.9. The van der Waals surface area contributed by atoms with E-state index in [2.05, 4.69) is 48.5 Å². The summed E-state index contributed by atoms with van der Waals surface area (Å²) < 4.78 is 0. The molecule has 0 aliphatic heterocycles. The van der Waals surface area contributed by atoms with Crippen molar-refractivity contribution in [1.29, 1.82) is 0 Å². The van der Waals surface area contributed by atoms with Gasteiger partial charge in [-0.3, -0.25) is 0 Å². The molecule has 0 bridgehead atoms. The number of nitrogens with two attached hydrogens (primary N) is 1. The smallest absolute Gasteiger partial charge is 0.0178 e. The van der Waals surface area contributed by atoms with E-state index in [9.17, 15) is 0 Å². The van der Waals surface area contributed by atoms with E-state index < -0.39 is 0 Å². The molecule has 0 aromatic heterocycles. The lowest BCUT2D eigenvalue weighted by Crippen LogP contribution is -2.08. The quantitative estimate of drug-likeness (QED) is 0.855. The fourth-order valence-electron chi connectivity index (χ4n) is 2.52. The van der Waals surface area contributed by atoms with E-state index in [0.29, 0.717) is 6.54 Å². The predicted molar refractivity (Wildman–Crippen MR) is 76.4 cm³/mol. The lowest BCUT2D eigenvalue weighted by atomic mass is 9.80. The standard InChI is InChI=1S/C17H19N/c18-12-13-4-6-15(7-5-13)17-10-8-16(9-11-17)14-2-1-3-14/h4-11,14H,1-3,12,18H2. The molecule has 2 aromatic rings. The van der Waals surface area contributed by atoms with E-state index in [4.69, 9.17) is 5.73 Å². The van der Waals surface area contributed by atoms with E-state index in [0.717, 1.165) is 5.92 Å². The maximum atomic E-state index is 5.61. The second-order valence-electron chi connectivity index (χ2n) is 5.15. The van der Waals surface area contributed by atoms with Gasteiger partial charge in [0.25, 0.3) is 0 Å². The molecule has 18 heavy (non-hydrogen) atoms. The van der Waals surface area contributed by atoms with E-state index in [1.165, 1.54) is 41.5 Å². The first-order valence-corrected chi connectivity index (χ1v) is 6.76. The van der Waals surface area contributed by atoms with E-state index >= 15 is 0 Å². The van der Waals surface area contributed by atoms with Crippen molar-refractivity contribution in [3.8, 4) is 11.1 Å². The first-order valence-electron chi connectivity index (χ1n) is 6.76. The zero-order valence-electron chi connectivity index (χ0n) is 10.6. The molecule has 0 saturated heterocycles. The van der Waals surface area contributed by atoms with Gasteiger partial charge in [-0.25, -0.2) is 0 Å². The lowest BCUT2D eigenvalue weighted by Gasteiger charge is -2.25. The van der Waals surface area contributed by atoms with Gasteiger partial charge in [-0.1, -0.05) is 55.0 Å². The molecule has 1 nitrogen and oxygen atoms in total. The van der Waals surface area contributed by atoms with Gasteiger partial charge in [0.15, 0.2) is 0 Å². The van der Waals surface area contributed by atoms with Gasteiger partial charge in [0.05, 0.1) is 0 Å². The topological polar surface area (TPSA) is 26.0 Å². The normalized spacial score (nSPS) is 15.4. The lowest BCUT2D eigenvalue weighted by molar-refractivity contribution is 0.420. The van der Waals surface area contributed by atoms with Gasteiger partial charge in [-0.15, -0.1) is 0 Å². The van der Waals surface area contributed by atoms with Crippen LogP contribution in [0.4, 0.5) is 0 Å². The van der Waals surface area contributed by atoms with Crippen LogP contribution < -0.4 is 5.73 Å². The number of hydrogen-bond acceptors (Lipinski definition) is 1. The third-order valence-corrected chi connectivity index (χ3v) is 4.01. The monoisotopic (exact) mass is 237 g/mol. The average Bonchev–Trinajstić information content (AvgIpc) is 2.38. The maximum absolute atomic E-state index is 5.61. The minimum Gasteiger partial charge on any atom is -0.326 e. The highest BCUT2D eigenvalue weighted by Crippen LogP contribution is 2.36. The minimum absolute atomic E-state index is 0.612. The second kappa shape index (κ2) is 4.95. The third-order valence-electron chi connectivity index (χ3n) is 4.01. The number of rotatable bonds is 3. The largest absolute Gasteiger partial charge is 0.326 e. The summed E-state index contributed by atoms with van der Waals surface area (Å²) in [6.07, 6.45) is 4.13. The Morgan fingerprint density at radius 1 is 0.833 bits per heavy atom. The Morgan fingerprint density at radius 2 is 1.39 bits per heavy atom. The third kappa shape index (κ3) is 2.19. The summed E-state index contributed by atoms with van der Waals surface area (Å²) in [6, 6.07) is 17.6. The Morgan fingerprint density at radius 3 is 1.83 bits per heavy atom. The van der Waals surface area contributed by atoms with Crippen LogP contribution in [0.1, 0.15) is 36.3 Å². The van der Waals surface area contributed by atoms with Gasteiger partial charge in [-0.2, -0.15) is 0 Å². The zero-order valence-corrected chi connectivity index (χ0v) is 10.6. The van der Waals surface area contributed by atoms with E-state index in [1.807, 2.05) is 0 Å². The molecule has 1 heteroatoms. The van der Waals surface area contributed by atoms with Crippen LogP contribution in [0.15, 0.2) is 48.5 Å². The van der Waals surface area contributed by atoms with E-state index in [1.54, 1.807) is 0 Å². The van der Waals surface area contributed by atoms with E-state index in [-0.39, 0.29) is 0 Å². The molecule has 1 fully saturated rings. The highest BCUT2D eigenvalue weighted by molar-refractivity contribution is 5.64. The SMILES string of the molecule is NCc1ccc(-c2ccc(C3CCC3)cc2)cc1. The van der Waals surface area contributed by atoms with Crippen LogP contribution >= 0.6 is 0 Å². The molecular formula is C17H19N. The van der Waals surface area contributed by atoms with Crippen molar-refractivity contribution < 1.29 is 0 Å². The summed E-state index contributed by atoms with van der Waals surface area (Å²) >= 11 is 0. The van der Waals surface area contributed by atoms with Crippen molar-refractivity contribution in [2.24, 2.45) is 5.73 Å². The number of benzene rings is 2. The summed E-state index contributed by atoms with van der Waals surface area (Å²) in [5, 5.41) is 0. The summed E-state index contributed by atoms with van der Waals surface area (Å²) in [7, 11) is 0.